The fourth-order valence-corrected chi connectivity index (χ4v) is 4.07. The number of aryl methyl sites for hydroxylation is 2. The van der Waals surface area contributed by atoms with Crippen molar-refractivity contribution in [1.29, 1.82) is 5.26 Å². The van der Waals surface area contributed by atoms with Crippen molar-refractivity contribution in [1.82, 2.24) is 9.97 Å². The van der Waals surface area contributed by atoms with Gasteiger partial charge in [-0.15, -0.1) is 0 Å². The number of benzene rings is 4. The van der Waals surface area contributed by atoms with Gasteiger partial charge in [-0.1, -0.05) is 36.4 Å². The van der Waals surface area contributed by atoms with Crippen molar-refractivity contribution in [3.8, 4) is 17.2 Å². The summed E-state index contributed by atoms with van der Waals surface area (Å²) < 4.78 is 0. The molecule has 0 aliphatic heterocycles. The van der Waals surface area contributed by atoms with Crippen LogP contribution in [-0.2, 0) is 0 Å². The molecule has 1 heterocycles. The first-order chi connectivity index (χ1) is 16.6. The fraction of sp³-hybridized carbons (Fsp3) is 0.0690. The van der Waals surface area contributed by atoms with Gasteiger partial charge in [0.1, 0.15) is 5.82 Å². The molecule has 5 nitrogen and oxygen atoms in total. The number of anilines is 4. The van der Waals surface area contributed by atoms with Gasteiger partial charge in [0.2, 0.25) is 5.95 Å². The van der Waals surface area contributed by atoms with E-state index in [1.165, 1.54) is 21.9 Å². The van der Waals surface area contributed by atoms with Crippen LogP contribution >= 0.6 is 0 Å². The minimum absolute atomic E-state index is 0.484. The molecule has 0 amide bonds. The summed E-state index contributed by atoms with van der Waals surface area (Å²) >= 11 is 0. The van der Waals surface area contributed by atoms with Crippen molar-refractivity contribution >= 4 is 33.9 Å². The lowest BCUT2D eigenvalue weighted by molar-refractivity contribution is 1.16. The second-order valence-corrected chi connectivity index (χ2v) is 8.25. The van der Waals surface area contributed by atoms with Crippen molar-refractivity contribution in [3.63, 3.8) is 0 Å². The van der Waals surface area contributed by atoms with Gasteiger partial charge in [-0.25, -0.2) is 4.98 Å². The number of aromatic nitrogens is 2. The highest BCUT2D eigenvalue weighted by Crippen LogP contribution is 2.32. The fourth-order valence-electron chi connectivity index (χ4n) is 4.07. The lowest BCUT2D eigenvalue weighted by atomic mass is 9.97. The smallest absolute Gasteiger partial charge is 0.229 e. The Morgan fingerprint density at radius 2 is 1.47 bits per heavy atom. The molecule has 1 aromatic heterocycles. The van der Waals surface area contributed by atoms with Gasteiger partial charge < -0.3 is 10.6 Å². The third-order valence-electron chi connectivity index (χ3n) is 5.79. The van der Waals surface area contributed by atoms with Gasteiger partial charge in [-0.3, -0.25) is 0 Å². The van der Waals surface area contributed by atoms with Crippen LogP contribution in [0.25, 0.3) is 21.9 Å². The summed E-state index contributed by atoms with van der Waals surface area (Å²) in [6.45, 7) is 4.22. The highest BCUT2D eigenvalue weighted by Gasteiger charge is 2.09. The van der Waals surface area contributed by atoms with Crippen LogP contribution in [0.3, 0.4) is 0 Å². The van der Waals surface area contributed by atoms with E-state index in [9.17, 15) is 0 Å². The molecule has 0 unspecified atom stereocenters. The lowest BCUT2D eigenvalue weighted by Gasteiger charge is -2.15. The van der Waals surface area contributed by atoms with Crippen LogP contribution in [0.4, 0.5) is 23.1 Å². The average Bonchev–Trinajstić information content (AvgIpc) is 2.86. The Balaban J connectivity index is 1.39. The zero-order valence-corrected chi connectivity index (χ0v) is 19.0. The predicted octanol–water partition coefficient (Wildman–Crippen LogP) is 7.27. The van der Waals surface area contributed by atoms with E-state index < -0.39 is 0 Å². The molecule has 164 valence electrons. The van der Waals surface area contributed by atoms with E-state index in [2.05, 4.69) is 95.1 Å². The molecule has 5 heteroatoms. The minimum Gasteiger partial charge on any atom is -0.340 e. The first kappa shape index (κ1) is 21.2. The van der Waals surface area contributed by atoms with Gasteiger partial charge in [0.25, 0.3) is 0 Å². The number of fused-ring (bicyclic) bond motifs is 1. The normalized spacial score (nSPS) is 10.6. The number of hydrogen-bond donors (Lipinski definition) is 2. The SMILES string of the molecule is Cc1cc(-c2ccc3ccccc3c2)cc(C)c1Nc1ccnc(Nc2ccc(C#N)cc2)n1. The van der Waals surface area contributed by atoms with Crippen molar-refractivity contribution in [2.24, 2.45) is 0 Å². The summed E-state index contributed by atoms with van der Waals surface area (Å²) in [6, 6.07) is 30.6. The first-order valence-corrected chi connectivity index (χ1v) is 11.1. The highest BCUT2D eigenvalue weighted by atomic mass is 15.1. The zero-order chi connectivity index (χ0) is 23.5. The molecule has 5 rings (SSSR count). The van der Waals surface area contributed by atoms with Crippen molar-refractivity contribution in [2.45, 2.75) is 13.8 Å². The molecular weight excluding hydrogens is 418 g/mol. The lowest BCUT2D eigenvalue weighted by Crippen LogP contribution is -2.02. The molecular formula is C29H23N5. The number of rotatable bonds is 5. The molecule has 34 heavy (non-hydrogen) atoms. The number of nitrogens with one attached hydrogen (secondary N) is 2. The molecule has 0 aliphatic rings. The van der Waals surface area contributed by atoms with E-state index in [0.717, 1.165) is 22.5 Å². The van der Waals surface area contributed by atoms with Crippen LogP contribution in [0.15, 0.2) is 91.1 Å². The maximum Gasteiger partial charge on any atom is 0.229 e. The molecule has 0 saturated heterocycles. The molecule has 0 atom stereocenters. The largest absolute Gasteiger partial charge is 0.340 e. The van der Waals surface area contributed by atoms with Crippen LogP contribution < -0.4 is 10.6 Å². The quantitative estimate of drug-likeness (QED) is 0.300. The number of hydrogen-bond acceptors (Lipinski definition) is 5. The summed E-state index contributed by atoms with van der Waals surface area (Å²) in [5.74, 6) is 1.19. The van der Waals surface area contributed by atoms with Crippen LogP contribution in [0, 0.1) is 25.2 Å². The molecule has 0 radical (unpaired) electrons. The van der Waals surface area contributed by atoms with E-state index in [4.69, 9.17) is 5.26 Å². The van der Waals surface area contributed by atoms with Crippen molar-refractivity contribution < 1.29 is 0 Å². The number of nitrogens with zero attached hydrogens (tertiary/aromatic N) is 3. The summed E-state index contributed by atoms with van der Waals surface area (Å²) in [6.07, 6.45) is 1.72. The Morgan fingerprint density at radius 3 is 2.21 bits per heavy atom. The zero-order valence-electron chi connectivity index (χ0n) is 19.0. The summed E-state index contributed by atoms with van der Waals surface area (Å²) in [7, 11) is 0. The van der Waals surface area contributed by atoms with Crippen LogP contribution in [0.5, 0.6) is 0 Å². The molecule has 5 aromatic rings. The van der Waals surface area contributed by atoms with E-state index in [-0.39, 0.29) is 0 Å². The van der Waals surface area contributed by atoms with Crippen molar-refractivity contribution in [3.05, 3.63) is 108 Å². The van der Waals surface area contributed by atoms with Gasteiger partial charge in [0.05, 0.1) is 11.6 Å². The van der Waals surface area contributed by atoms with Gasteiger partial charge in [-0.2, -0.15) is 10.2 Å². The van der Waals surface area contributed by atoms with E-state index in [1.807, 2.05) is 18.2 Å². The minimum atomic E-state index is 0.484. The molecule has 0 bridgehead atoms. The second-order valence-electron chi connectivity index (χ2n) is 8.25. The third kappa shape index (κ3) is 4.43. The Morgan fingerprint density at radius 1 is 0.735 bits per heavy atom. The highest BCUT2D eigenvalue weighted by molar-refractivity contribution is 5.88. The van der Waals surface area contributed by atoms with Gasteiger partial charge >= 0.3 is 0 Å². The first-order valence-electron chi connectivity index (χ1n) is 11.1. The molecule has 2 N–H and O–H groups in total. The molecule has 0 aliphatic carbocycles. The second kappa shape index (κ2) is 9.05. The molecule has 4 aromatic carbocycles. The molecule has 0 saturated carbocycles. The van der Waals surface area contributed by atoms with Crippen LogP contribution in [0.2, 0.25) is 0 Å². The summed E-state index contributed by atoms with van der Waals surface area (Å²) in [4.78, 5) is 8.92. The van der Waals surface area contributed by atoms with Crippen molar-refractivity contribution in [2.75, 3.05) is 10.6 Å². The third-order valence-corrected chi connectivity index (χ3v) is 5.79. The topological polar surface area (TPSA) is 73.6 Å². The van der Waals surface area contributed by atoms with Crippen LogP contribution in [-0.4, -0.2) is 9.97 Å². The Kier molecular flexibility index (Phi) is 5.63. The van der Waals surface area contributed by atoms with Gasteiger partial charge in [0.15, 0.2) is 0 Å². The van der Waals surface area contributed by atoms with E-state index in [0.29, 0.717) is 17.3 Å². The standard InChI is InChI=1S/C29H23N5/c1-19-15-25(24-10-9-22-5-3-4-6-23(22)17-24)16-20(2)28(19)33-27-13-14-31-29(34-27)32-26-11-7-21(18-30)8-12-26/h3-17H,1-2H3,(H2,31,32,33,34). The van der Waals surface area contributed by atoms with E-state index in [1.54, 1.807) is 18.3 Å². The Hall–Kier alpha value is -4.69. The predicted molar refractivity (Wildman–Crippen MR) is 139 cm³/mol. The van der Waals surface area contributed by atoms with Crippen LogP contribution in [0.1, 0.15) is 16.7 Å². The maximum atomic E-state index is 8.96. The summed E-state index contributed by atoms with van der Waals surface area (Å²) in [5, 5.41) is 18.1. The van der Waals surface area contributed by atoms with E-state index >= 15 is 0 Å². The Labute approximate surface area is 198 Å². The monoisotopic (exact) mass is 441 g/mol. The summed E-state index contributed by atoms with van der Waals surface area (Å²) in [5.41, 5.74) is 7.15. The maximum absolute atomic E-state index is 8.96. The van der Waals surface area contributed by atoms with Gasteiger partial charge in [-0.05, 0) is 95.4 Å². The Bertz CT molecular complexity index is 1510. The molecule has 0 fully saturated rings. The van der Waals surface area contributed by atoms with Gasteiger partial charge in [0, 0.05) is 17.6 Å². The molecule has 0 spiro atoms. The number of nitriles is 1. The average molecular weight is 442 g/mol.